The number of hydrogen-bond donors (Lipinski definition) is 0. The minimum absolute atomic E-state index is 0.706. The first-order chi connectivity index (χ1) is 4.90. The van der Waals surface area contributed by atoms with Crippen molar-refractivity contribution in [3.05, 3.63) is 24.3 Å². The van der Waals surface area contributed by atoms with Crippen molar-refractivity contribution in [2.45, 2.75) is 25.7 Å². The summed E-state index contributed by atoms with van der Waals surface area (Å²) in [5, 5.41) is 0. The van der Waals surface area contributed by atoms with Gasteiger partial charge in [-0.3, -0.25) is 0 Å². The van der Waals surface area contributed by atoms with Gasteiger partial charge in [0.2, 0.25) is 0 Å². The van der Waals surface area contributed by atoms with Crippen molar-refractivity contribution in [2.24, 2.45) is 0 Å². The average molecular weight is 136 g/mol. The molecule has 1 radical (unpaired) electrons. The molecule has 0 aliphatic heterocycles. The van der Waals surface area contributed by atoms with Crippen LogP contribution >= 0.6 is 0 Å². The Labute approximate surface area is 60.3 Å². The normalized spacial score (nSPS) is 17.7. The Kier molecular flexibility index (Phi) is 1.26. The lowest BCUT2D eigenvalue weighted by Gasteiger charge is -1.82. The van der Waals surface area contributed by atoms with Crippen LogP contribution in [0, 0.1) is 6.42 Å². The molecule has 0 amide bonds. The molecule has 1 heterocycles. The van der Waals surface area contributed by atoms with E-state index in [-0.39, 0.29) is 0 Å². The highest BCUT2D eigenvalue weighted by atomic mass is 16.3. The van der Waals surface area contributed by atoms with E-state index >= 15 is 0 Å². The molecule has 0 spiro atoms. The summed E-state index contributed by atoms with van der Waals surface area (Å²) in [5.41, 5.74) is 1.13. The molecule has 53 valence electrons. The van der Waals surface area contributed by atoms with E-state index in [0.717, 1.165) is 11.6 Å². The second-order valence-electron chi connectivity index (χ2n) is 2.67. The van der Waals surface area contributed by atoms with Crippen molar-refractivity contribution in [1.29, 1.82) is 0 Å². The van der Waals surface area contributed by atoms with Gasteiger partial charge in [-0.15, -0.1) is 0 Å². The highest BCUT2D eigenvalue weighted by molar-refractivity contribution is 5.12. The number of oxazole rings is 1. The first kappa shape index (κ1) is 5.96. The number of hydrogen-bond acceptors (Lipinski definition) is 2. The molecule has 1 aromatic rings. The smallest absolute Gasteiger partial charge is 0.197 e. The zero-order valence-electron chi connectivity index (χ0n) is 6.00. The van der Waals surface area contributed by atoms with Crippen LogP contribution in [0.4, 0.5) is 0 Å². The van der Waals surface area contributed by atoms with Crippen molar-refractivity contribution in [2.75, 3.05) is 0 Å². The maximum Gasteiger partial charge on any atom is 0.197 e. The molecular weight excluding hydrogens is 126 g/mol. The van der Waals surface area contributed by atoms with Crippen LogP contribution in [0.3, 0.4) is 0 Å². The summed E-state index contributed by atoms with van der Waals surface area (Å²) < 4.78 is 5.15. The van der Waals surface area contributed by atoms with Crippen molar-refractivity contribution >= 4 is 0 Å². The second-order valence-corrected chi connectivity index (χ2v) is 2.67. The van der Waals surface area contributed by atoms with Gasteiger partial charge in [0.15, 0.2) is 5.89 Å². The van der Waals surface area contributed by atoms with Crippen molar-refractivity contribution in [3.8, 4) is 0 Å². The summed E-state index contributed by atoms with van der Waals surface area (Å²) in [4.78, 5) is 4.27. The zero-order valence-corrected chi connectivity index (χ0v) is 6.00. The average Bonchev–Trinajstić information content (AvgIpc) is 2.70. The molecule has 1 saturated carbocycles. The van der Waals surface area contributed by atoms with Crippen LogP contribution in [-0.4, -0.2) is 4.98 Å². The third-order valence-electron chi connectivity index (χ3n) is 1.78. The topological polar surface area (TPSA) is 26.0 Å². The SMILES string of the molecule is C[CH]c1nc(C2CC2)co1. The Morgan fingerprint density at radius 1 is 1.70 bits per heavy atom. The monoisotopic (exact) mass is 136 g/mol. The molecule has 0 aromatic carbocycles. The van der Waals surface area contributed by atoms with E-state index in [2.05, 4.69) is 4.98 Å². The number of aromatic nitrogens is 1. The summed E-state index contributed by atoms with van der Waals surface area (Å²) in [6, 6.07) is 0. The largest absolute Gasteiger partial charge is 0.448 e. The van der Waals surface area contributed by atoms with Crippen LogP contribution < -0.4 is 0 Å². The van der Waals surface area contributed by atoms with E-state index in [1.165, 1.54) is 12.8 Å². The summed E-state index contributed by atoms with van der Waals surface area (Å²) >= 11 is 0. The van der Waals surface area contributed by atoms with Crippen LogP contribution in [0.1, 0.15) is 37.3 Å². The Balaban J connectivity index is 2.19. The quantitative estimate of drug-likeness (QED) is 0.622. The van der Waals surface area contributed by atoms with Crippen LogP contribution in [0.2, 0.25) is 0 Å². The second kappa shape index (κ2) is 2.11. The van der Waals surface area contributed by atoms with E-state index in [1.54, 1.807) is 6.26 Å². The standard InChI is InChI=1S/C8H10NO/c1-2-8-9-7(5-10-8)6-3-4-6/h2,5-6H,3-4H2,1H3. The molecule has 2 nitrogen and oxygen atoms in total. The summed E-state index contributed by atoms with van der Waals surface area (Å²) in [5.74, 6) is 1.46. The molecule has 10 heavy (non-hydrogen) atoms. The molecular formula is C8H10NO. The zero-order chi connectivity index (χ0) is 6.97. The van der Waals surface area contributed by atoms with Crippen molar-refractivity contribution < 1.29 is 4.42 Å². The molecule has 1 aromatic heterocycles. The number of rotatable bonds is 2. The van der Waals surface area contributed by atoms with Gasteiger partial charge in [0.1, 0.15) is 6.26 Å². The van der Waals surface area contributed by atoms with Crippen LogP contribution in [0.15, 0.2) is 10.7 Å². The molecule has 0 N–H and O–H groups in total. The molecule has 0 atom stereocenters. The fourth-order valence-electron chi connectivity index (χ4n) is 1.000. The first-order valence-electron chi connectivity index (χ1n) is 3.65. The third kappa shape index (κ3) is 0.939. The summed E-state index contributed by atoms with van der Waals surface area (Å²) in [7, 11) is 0. The van der Waals surface area contributed by atoms with Crippen molar-refractivity contribution in [3.63, 3.8) is 0 Å². The highest BCUT2D eigenvalue weighted by Gasteiger charge is 2.26. The predicted molar refractivity (Wildman–Crippen MR) is 37.6 cm³/mol. The Hall–Kier alpha value is -0.790. The molecule has 2 rings (SSSR count). The molecule has 0 unspecified atom stereocenters. The lowest BCUT2D eigenvalue weighted by Crippen LogP contribution is -1.79. The number of nitrogens with zero attached hydrogens (tertiary/aromatic N) is 1. The van der Waals surface area contributed by atoms with E-state index in [0.29, 0.717) is 5.92 Å². The van der Waals surface area contributed by atoms with Gasteiger partial charge in [0.05, 0.1) is 5.69 Å². The Morgan fingerprint density at radius 2 is 2.50 bits per heavy atom. The van der Waals surface area contributed by atoms with E-state index in [9.17, 15) is 0 Å². The van der Waals surface area contributed by atoms with Gasteiger partial charge in [-0.1, -0.05) is 6.92 Å². The van der Waals surface area contributed by atoms with E-state index in [1.807, 2.05) is 13.3 Å². The van der Waals surface area contributed by atoms with Gasteiger partial charge in [0, 0.05) is 12.3 Å². The summed E-state index contributed by atoms with van der Waals surface area (Å²) in [6.45, 7) is 1.93. The maximum atomic E-state index is 5.15. The van der Waals surface area contributed by atoms with E-state index < -0.39 is 0 Å². The minimum Gasteiger partial charge on any atom is -0.448 e. The molecule has 2 heteroatoms. The lowest BCUT2D eigenvalue weighted by molar-refractivity contribution is 0.527. The predicted octanol–water partition coefficient (Wildman–Crippen LogP) is 2.12. The van der Waals surface area contributed by atoms with Crippen LogP contribution in [0.25, 0.3) is 0 Å². The Bertz CT molecular complexity index is 225. The van der Waals surface area contributed by atoms with E-state index in [4.69, 9.17) is 4.42 Å². The van der Waals surface area contributed by atoms with Gasteiger partial charge in [-0.05, 0) is 12.8 Å². The fourth-order valence-corrected chi connectivity index (χ4v) is 1.000. The van der Waals surface area contributed by atoms with Gasteiger partial charge in [-0.2, -0.15) is 0 Å². The summed E-state index contributed by atoms with van der Waals surface area (Å²) in [6.07, 6.45) is 6.23. The maximum absolute atomic E-state index is 5.15. The first-order valence-corrected chi connectivity index (χ1v) is 3.65. The highest BCUT2D eigenvalue weighted by Crippen LogP contribution is 2.39. The molecule has 1 aliphatic rings. The van der Waals surface area contributed by atoms with Crippen molar-refractivity contribution in [1.82, 2.24) is 4.98 Å². The fraction of sp³-hybridized carbons (Fsp3) is 0.500. The molecule has 1 fully saturated rings. The van der Waals surface area contributed by atoms with Crippen LogP contribution in [0.5, 0.6) is 0 Å². The van der Waals surface area contributed by atoms with Crippen LogP contribution in [-0.2, 0) is 0 Å². The Morgan fingerprint density at radius 3 is 3.00 bits per heavy atom. The minimum atomic E-state index is 0.706. The third-order valence-corrected chi connectivity index (χ3v) is 1.78. The van der Waals surface area contributed by atoms with Gasteiger partial charge in [0.25, 0.3) is 0 Å². The molecule has 0 bridgehead atoms. The molecule has 0 saturated heterocycles. The lowest BCUT2D eigenvalue weighted by atomic mass is 10.3. The van der Waals surface area contributed by atoms with Gasteiger partial charge >= 0.3 is 0 Å². The van der Waals surface area contributed by atoms with Gasteiger partial charge in [-0.25, -0.2) is 4.98 Å². The van der Waals surface area contributed by atoms with Gasteiger partial charge < -0.3 is 4.42 Å². The molecule has 1 aliphatic carbocycles.